The van der Waals surface area contributed by atoms with Crippen LogP contribution in [-0.2, 0) is 10.2 Å². The van der Waals surface area contributed by atoms with Crippen LogP contribution in [0.3, 0.4) is 0 Å². The highest BCUT2D eigenvalue weighted by Crippen LogP contribution is 2.40. The van der Waals surface area contributed by atoms with Crippen molar-refractivity contribution >= 4 is 11.7 Å². The van der Waals surface area contributed by atoms with Crippen molar-refractivity contribution in [1.29, 1.82) is 0 Å². The standard InChI is InChI=1S/C16H21NO3/c1-16(2)9-17-13-8-14(18)11(7-12(13)16)15(19)20-6-5-10-3-4-10/h7-8,10,17-18H,3-6,9H2,1-2H3. The number of esters is 1. The van der Waals surface area contributed by atoms with Gasteiger partial charge < -0.3 is 15.2 Å². The molecule has 4 heteroatoms. The van der Waals surface area contributed by atoms with E-state index in [1.807, 2.05) is 0 Å². The van der Waals surface area contributed by atoms with E-state index in [9.17, 15) is 9.90 Å². The van der Waals surface area contributed by atoms with E-state index >= 15 is 0 Å². The van der Waals surface area contributed by atoms with Crippen LogP contribution in [0.25, 0.3) is 0 Å². The maximum absolute atomic E-state index is 12.1. The van der Waals surface area contributed by atoms with Crippen LogP contribution in [0.5, 0.6) is 5.75 Å². The minimum absolute atomic E-state index is 0.00891. The molecule has 4 nitrogen and oxygen atoms in total. The minimum Gasteiger partial charge on any atom is -0.507 e. The molecule has 0 unspecified atom stereocenters. The van der Waals surface area contributed by atoms with Crippen molar-refractivity contribution in [1.82, 2.24) is 0 Å². The third-order valence-electron chi connectivity index (χ3n) is 4.26. The third kappa shape index (κ3) is 2.47. The Morgan fingerprint density at radius 1 is 1.45 bits per heavy atom. The molecule has 2 aliphatic rings. The van der Waals surface area contributed by atoms with E-state index in [4.69, 9.17) is 4.74 Å². The molecule has 1 aromatic rings. The second-order valence-electron chi connectivity index (χ2n) is 6.52. The number of aromatic hydroxyl groups is 1. The Labute approximate surface area is 119 Å². The van der Waals surface area contributed by atoms with E-state index in [-0.39, 0.29) is 16.7 Å². The quantitative estimate of drug-likeness (QED) is 0.829. The number of carbonyl (C=O) groups excluding carboxylic acids is 1. The molecule has 1 fully saturated rings. The van der Waals surface area contributed by atoms with Gasteiger partial charge in [0, 0.05) is 23.7 Å². The Balaban J connectivity index is 1.76. The molecule has 0 aromatic heterocycles. The number of hydrogen-bond acceptors (Lipinski definition) is 4. The van der Waals surface area contributed by atoms with E-state index in [2.05, 4.69) is 19.2 Å². The molecule has 0 saturated heterocycles. The molecule has 1 aromatic carbocycles. The summed E-state index contributed by atoms with van der Waals surface area (Å²) < 4.78 is 5.27. The summed E-state index contributed by atoms with van der Waals surface area (Å²) in [7, 11) is 0. The summed E-state index contributed by atoms with van der Waals surface area (Å²) in [5.74, 6) is 0.304. The van der Waals surface area contributed by atoms with E-state index in [1.54, 1.807) is 12.1 Å². The lowest BCUT2D eigenvalue weighted by Crippen LogP contribution is -2.19. The van der Waals surface area contributed by atoms with Gasteiger partial charge in [0.1, 0.15) is 11.3 Å². The molecule has 0 atom stereocenters. The van der Waals surface area contributed by atoms with Crippen LogP contribution < -0.4 is 5.32 Å². The van der Waals surface area contributed by atoms with Crippen molar-refractivity contribution in [2.45, 2.75) is 38.5 Å². The SMILES string of the molecule is CC1(C)CNc2cc(O)c(C(=O)OCCC3CC3)cc21. The Morgan fingerprint density at radius 3 is 2.90 bits per heavy atom. The number of benzene rings is 1. The number of phenolic OH excluding ortho intramolecular Hbond substituents is 1. The largest absolute Gasteiger partial charge is 0.507 e. The van der Waals surface area contributed by atoms with Gasteiger partial charge in [-0.15, -0.1) is 0 Å². The van der Waals surface area contributed by atoms with Gasteiger partial charge in [-0.2, -0.15) is 0 Å². The molecular formula is C16H21NO3. The van der Waals surface area contributed by atoms with Crippen LogP contribution in [0.15, 0.2) is 12.1 Å². The van der Waals surface area contributed by atoms with Gasteiger partial charge in [-0.1, -0.05) is 26.7 Å². The van der Waals surface area contributed by atoms with Crippen molar-refractivity contribution in [3.63, 3.8) is 0 Å². The minimum atomic E-state index is -0.423. The number of nitrogens with one attached hydrogen (secondary N) is 1. The Bertz CT molecular complexity index is 547. The van der Waals surface area contributed by atoms with Crippen molar-refractivity contribution in [2.75, 3.05) is 18.5 Å². The van der Waals surface area contributed by atoms with Crippen molar-refractivity contribution in [3.05, 3.63) is 23.3 Å². The van der Waals surface area contributed by atoms with E-state index in [0.29, 0.717) is 6.61 Å². The van der Waals surface area contributed by atoms with Crippen LogP contribution in [0, 0.1) is 5.92 Å². The number of rotatable bonds is 4. The Hall–Kier alpha value is -1.71. The fourth-order valence-electron chi connectivity index (χ4n) is 2.67. The first-order valence-electron chi connectivity index (χ1n) is 7.26. The van der Waals surface area contributed by atoms with Gasteiger partial charge in [0.05, 0.1) is 6.61 Å². The number of anilines is 1. The van der Waals surface area contributed by atoms with Crippen LogP contribution in [-0.4, -0.2) is 24.2 Å². The maximum atomic E-state index is 12.1. The third-order valence-corrected chi connectivity index (χ3v) is 4.26. The average Bonchev–Trinajstić information content (AvgIpc) is 3.15. The first-order valence-corrected chi connectivity index (χ1v) is 7.26. The van der Waals surface area contributed by atoms with E-state index < -0.39 is 5.97 Å². The lowest BCUT2D eigenvalue weighted by molar-refractivity contribution is 0.0491. The Morgan fingerprint density at radius 2 is 2.20 bits per heavy atom. The lowest BCUT2D eigenvalue weighted by atomic mass is 9.86. The van der Waals surface area contributed by atoms with Gasteiger partial charge in [0.15, 0.2) is 0 Å². The van der Waals surface area contributed by atoms with Crippen molar-refractivity contribution in [2.24, 2.45) is 5.92 Å². The highest BCUT2D eigenvalue weighted by molar-refractivity contribution is 5.94. The fourth-order valence-corrected chi connectivity index (χ4v) is 2.67. The number of fused-ring (bicyclic) bond motifs is 1. The molecule has 1 aliphatic heterocycles. The second-order valence-corrected chi connectivity index (χ2v) is 6.52. The molecule has 20 heavy (non-hydrogen) atoms. The van der Waals surface area contributed by atoms with Crippen LogP contribution in [0.4, 0.5) is 5.69 Å². The van der Waals surface area contributed by atoms with Crippen molar-refractivity contribution in [3.8, 4) is 5.75 Å². The lowest BCUT2D eigenvalue weighted by Gasteiger charge is -2.18. The van der Waals surface area contributed by atoms with Crippen LogP contribution >= 0.6 is 0 Å². The highest BCUT2D eigenvalue weighted by Gasteiger charge is 2.32. The van der Waals surface area contributed by atoms with Gasteiger partial charge in [-0.05, 0) is 24.0 Å². The van der Waals surface area contributed by atoms with Gasteiger partial charge in [0.2, 0.25) is 0 Å². The summed E-state index contributed by atoms with van der Waals surface area (Å²) in [6.45, 7) is 5.49. The molecule has 108 valence electrons. The summed E-state index contributed by atoms with van der Waals surface area (Å²) >= 11 is 0. The molecule has 1 aliphatic carbocycles. The predicted octanol–water partition coefficient (Wildman–Crippen LogP) is 3.05. The van der Waals surface area contributed by atoms with E-state index in [0.717, 1.165) is 30.1 Å². The topological polar surface area (TPSA) is 58.6 Å². The van der Waals surface area contributed by atoms with Crippen molar-refractivity contribution < 1.29 is 14.6 Å². The van der Waals surface area contributed by atoms with Crippen LogP contribution in [0.2, 0.25) is 0 Å². The predicted molar refractivity (Wildman–Crippen MR) is 77.2 cm³/mol. The summed E-state index contributed by atoms with van der Waals surface area (Å²) in [6.07, 6.45) is 3.44. The number of phenols is 1. The summed E-state index contributed by atoms with van der Waals surface area (Å²) in [6, 6.07) is 3.39. The van der Waals surface area contributed by atoms with Gasteiger partial charge in [-0.3, -0.25) is 0 Å². The highest BCUT2D eigenvalue weighted by atomic mass is 16.5. The number of ether oxygens (including phenoxy) is 1. The molecular weight excluding hydrogens is 254 g/mol. The zero-order chi connectivity index (χ0) is 14.3. The molecule has 0 radical (unpaired) electrons. The molecule has 1 saturated carbocycles. The summed E-state index contributed by atoms with van der Waals surface area (Å²) in [5.41, 5.74) is 2.20. The zero-order valence-electron chi connectivity index (χ0n) is 12.0. The number of hydrogen-bond donors (Lipinski definition) is 2. The van der Waals surface area contributed by atoms with E-state index in [1.165, 1.54) is 12.8 Å². The monoisotopic (exact) mass is 275 g/mol. The number of carbonyl (C=O) groups is 1. The van der Waals surface area contributed by atoms with Gasteiger partial charge in [0.25, 0.3) is 0 Å². The average molecular weight is 275 g/mol. The smallest absolute Gasteiger partial charge is 0.341 e. The summed E-state index contributed by atoms with van der Waals surface area (Å²) in [5, 5.41) is 13.2. The molecule has 0 spiro atoms. The second kappa shape index (κ2) is 4.69. The van der Waals surface area contributed by atoms with Gasteiger partial charge >= 0.3 is 5.97 Å². The molecule has 3 rings (SSSR count). The Kier molecular flexibility index (Phi) is 3.11. The van der Waals surface area contributed by atoms with Crippen LogP contribution in [0.1, 0.15) is 49.0 Å². The molecule has 0 bridgehead atoms. The normalized spacial score (nSPS) is 19.3. The molecule has 0 amide bonds. The summed E-state index contributed by atoms with van der Waals surface area (Å²) in [4.78, 5) is 12.1. The van der Waals surface area contributed by atoms with Gasteiger partial charge in [-0.25, -0.2) is 4.79 Å². The maximum Gasteiger partial charge on any atom is 0.341 e. The first kappa shape index (κ1) is 13.3. The molecule has 2 N–H and O–H groups in total. The molecule has 1 heterocycles. The zero-order valence-corrected chi connectivity index (χ0v) is 12.0. The first-order chi connectivity index (χ1) is 9.47. The fraction of sp³-hybridized carbons (Fsp3) is 0.562.